The molecule has 3 fully saturated rings. The molecule has 3 aliphatic rings. The number of carbonyl (C=O) groups excluding carboxylic acids is 1. The predicted molar refractivity (Wildman–Crippen MR) is 141 cm³/mol. The van der Waals surface area contributed by atoms with Crippen LogP contribution in [-0.2, 0) is 5.41 Å². The lowest BCUT2D eigenvalue weighted by molar-refractivity contribution is -0.0560. The summed E-state index contributed by atoms with van der Waals surface area (Å²) in [5.74, 6) is -2.08. The molecule has 0 aromatic heterocycles. The summed E-state index contributed by atoms with van der Waals surface area (Å²) in [5, 5.41) is 3.85. The minimum atomic E-state index is -2.58. The second kappa shape index (κ2) is 9.99. The highest BCUT2D eigenvalue weighted by atomic mass is 35.5. The zero-order valence-electron chi connectivity index (χ0n) is 20.2. The maximum absolute atomic E-state index is 13.6. The van der Waals surface area contributed by atoms with Gasteiger partial charge in [-0.05, 0) is 72.9 Å². The van der Waals surface area contributed by atoms with Crippen LogP contribution in [0.4, 0.5) is 25.0 Å². The molecule has 36 heavy (non-hydrogen) atoms. The molecule has 5 rings (SSSR count). The smallest absolute Gasteiger partial charge is 0.322 e. The number of nitrogens with two attached hydrogens (primary N) is 1. The highest BCUT2D eigenvalue weighted by molar-refractivity contribution is 6.35. The quantitative estimate of drug-likeness (QED) is 0.406. The summed E-state index contributed by atoms with van der Waals surface area (Å²) in [4.78, 5) is 17.4. The van der Waals surface area contributed by atoms with Crippen LogP contribution in [0.25, 0.3) is 0 Å². The number of carbonyl (C=O) groups is 1. The third-order valence-electron chi connectivity index (χ3n) is 8.23. The van der Waals surface area contributed by atoms with Crippen LogP contribution in [0.3, 0.4) is 0 Å². The molecule has 194 valence electrons. The molecule has 2 aromatic rings. The molecule has 1 unspecified atom stereocenters. The fourth-order valence-corrected chi connectivity index (χ4v) is 6.65. The Kier molecular flexibility index (Phi) is 7.09. The first-order chi connectivity index (χ1) is 17.1. The van der Waals surface area contributed by atoms with Crippen molar-refractivity contribution in [3.05, 3.63) is 58.1 Å². The zero-order valence-corrected chi connectivity index (χ0v) is 21.7. The van der Waals surface area contributed by atoms with E-state index in [-0.39, 0.29) is 30.3 Å². The van der Waals surface area contributed by atoms with E-state index in [1.807, 2.05) is 21.9 Å². The van der Waals surface area contributed by atoms with Crippen molar-refractivity contribution in [2.45, 2.75) is 55.9 Å². The van der Waals surface area contributed by atoms with Crippen molar-refractivity contribution in [3.63, 3.8) is 0 Å². The van der Waals surface area contributed by atoms with E-state index in [1.165, 1.54) is 5.56 Å². The molecule has 9 heteroatoms. The number of urea groups is 1. The minimum Gasteiger partial charge on any atom is -0.399 e. The topological polar surface area (TPSA) is 61.6 Å². The van der Waals surface area contributed by atoms with Crippen molar-refractivity contribution >= 4 is 40.6 Å². The zero-order chi connectivity index (χ0) is 25.5. The van der Waals surface area contributed by atoms with E-state index in [0.717, 1.165) is 31.4 Å². The van der Waals surface area contributed by atoms with Gasteiger partial charge in [0.1, 0.15) is 0 Å². The molecular formula is C27H32Cl2F2N4O. The summed E-state index contributed by atoms with van der Waals surface area (Å²) >= 11 is 12.3. The highest BCUT2D eigenvalue weighted by Crippen LogP contribution is 2.63. The molecule has 0 bridgehead atoms. The van der Waals surface area contributed by atoms with Crippen LogP contribution in [0.15, 0.2) is 42.5 Å². The van der Waals surface area contributed by atoms with Gasteiger partial charge >= 0.3 is 6.03 Å². The van der Waals surface area contributed by atoms with Gasteiger partial charge in [0, 0.05) is 66.5 Å². The van der Waals surface area contributed by atoms with Crippen LogP contribution in [-0.4, -0.2) is 54.0 Å². The fourth-order valence-electron chi connectivity index (χ4n) is 6.12. The largest absolute Gasteiger partial charge is 0.399 e. The van der Waals surface area contributed by atoms with Gasteiger partial charge in [0.2, 0.25) is 0 Å². The number of alkyl halides is 2. The van der Waals surface area contributed by atoms with Gasteiger partial charge in [-0.25, -0.2) is 13.6 Å². The SMILES string of the molecule is Nc1cccc([C@]23CC[C@@H](N(CCN4CCC(F)(F)CC4)C(=O)Nc4cc(Cl)cc(Cl)c4)CC2C3)c1. The Balaban J connectivity index is 1.28. The number of halogens is 4. The van der Waals surface area contributed by atoms with E-state index in [4.69, 9.17) is 28.9 Å². The van der Waals surface area contributed by atoms with E-state index in [9.17, 15) is 13.6 Å². The number of nitrogens with one attached hydrogen (secondary N) is 1. The number of anilines is 2. The third kappa shape index (κ3) is 5.58. The number of amides is 2. The molecule has 3 N–H and O–H groups in total. The number of piperidine rings is 1. The normalized spacial score (nSPS) is 27.2. The number of hydrogen-bond acceptors (Lipinski definition) is 3. The van der Waals surface area contributed by atoms with Crippen LogP contribution < -0.4 is 11.1 Å². The van der Waals surface area contributed by atoms with Crippen LogP contribution in [0.2, 0.25) is 10.0 Å². The lowest BCUT2D eigenvalue weighted by atomic mass is 9.80. The third-order valence-corrected chi connectivity index (χ3v) is 8.67. The van der Waals surface area contributed by atoms with Gasteiger partial charge in [-0.2, -0.15) is 0 Å². The van der Waals surface area contributed by atoms with Crippen LogP contribution >= 0.6 is 23.2 Å². The molecule has 2 amide bonds. The maximum atomic E-state index is 13.6. The molecule has 3 atom stereocenters. The maximum Gasteiger partial charge on any atom is 0.322 e. The lowest BCUT2D eigenvalue weighted by Gasteiger charge is -2.39. The fraction of sp³-hybridized carbons (Fsp3) is 0.519. The Bertz CT molecular complexity index is 1100. The average molecular weight is 537 g/mol. The number of nitrogens with zero attached hydrogens (tertiary/aromatic N) is 2. The van der Waals surface area contributed by atoms with E-state index < -0.39 is 5.92 Å². The first kappa shape index (κ1) is 25.6. The second-order valence-corrected chi connectivity index (χ2v) is 11.5. The summed E-state index contributed by atoms with van der Waals surface area (Å²) in [7, 11) is 0. The number of nitrogen functional groups attached to an aromatic ring is 1. The number of hydrogen-bond donors (Lipinski definition) is 2. The van der Waals surface area contributed by atoms with Crippen molar-refractivity contribution in [1.82, 2.24) is 9.80 Å². The van der Waals surface area contributed by atoms with Crippen LogP contribution in [0.5, 0.6) is 0 Å². The molecular weight excluding hydrogens is 505 g/mol. The number of rotatable bonds is 6. The Hall–Kier alpha value is -2.09. The average Bonchev–Trinajstić information content (AvgIpc) is 3.55. The standard InChI is InChI=1S/C27H32Cl2F2N4O/c28-20-14-21(29)16-23(15-20)33-25(36)35(11-10-34-8-6-27(30,31)7-9-34)24-4-5-26(17-19(26)13-24)18-2-1-3-22(32)12-18/h1-3,12,14-16,19,24H,4-11,13,17,32H2,(H,33,36)/t19?,24-,26-/m1/s1. The van der Waals surface area contributed by atoms with E-state index in [0.29, 0.717) is 47.8 Å². The van der Waals surface area contributed by atoms with Gasteiger partial charge in [0.15, 0.2) is 0 Å². The van der Waals surface area contributed by atoms with E-state index >= 15 is 0 Å². The van der Waals surface area contributed by atoms with Crippen molar-refractivity contribution in [2.75, 3.05) is 37.2 Å². The molecule has 0 radical (unpaired) electrons. The monoisotopic (exact) mass is 536 g/mol. The second-order valence-electron chi connectivity index (χ2n) is 10.6. The van der Waals surface area contributed by atoms with Gasteiger partial charge in [-0.15, -0.1) is 0 Å². The molecule has 1 heterocycles. The molecule has 0 spiro atoms. The summed E-state index contributed by atoms with van der Waals surface area (Å²) in [6.07, 6.45) is 3.63. The van der Waals surface area contributed by atoms with Crippen LogP contribution in [0.1, 0.15) is 44.1 Å². The summed E-state index contributed by atoms with van der Waals surface area (Å²) in [5.41, 5.74) is 8.82. The van der Waals surface area contributed by atoms with Gasteiger partial charge in [0.25, 0.3) is 5.92 Å². The first-order valence-electron chi connectivity index (χ1n) is 12.6. The molecule has 5 nitrogen and oxygen atoms in total. The summed E-state index contributed by atoms with van der Waals surface area (Å²) in [6, 6.07) is 13.0. The van der Waals surface area contributed by atoms with Crippen molar-refractivity contribution in [1.29, 1.82) is 0 Å². The Morgan fingerprint density at radius 3 is 2.50 bits per heavy atom. The van der Waals surface area contributed by atoms with Crippen molar-refractivity contribution in [2.24, 2.45) is 5.92 Å². The first-order valence-corrected chi connectivity index (χ1v) is 13.4. The van der Waals surface area contributed by atoms with Gasteiger partial charge in [-0.1, -0.05) is 35.3 Å². The Labute approximate surface area is 220 Å². The van der Waals surface area contributed by atoms with Gasteiger partial charge < -0.3 is 20.9 Å². The number of benzene rings is 2. The Morgan fingerprint density at radius 1 is 1.11 bits per heavy atom. The minimum absolute atomic E-state index is 0.0765. The van der Waals surface area contributed by atoms with Crippen molar-refractivity contribution < 1.29 is 13.6 Å². The number of fused-ring (bicyclic) bond motifs is 1. The molecule has 2 aliphatic carbocycles. The number of likely N-dealkylation sites (tertiary alicyclic amines) is 1. The predicted octanol–water partition coefficient (Wildman–Crippen LogP) is 6.65. The highest BCUT2D eigenvalue weighted by Gasteiger charge is 2.58. The molecule has 1 aliphatic heterocycles. The van der Waals surface area contributed by atoms with E-state index in [2.05, 4.69) is 17.4 Å². The lowest BCUT2D eigenvalue weighted by Crippen LogP contribution is -2.50. The van der Waals surface area contributed by atoms with Crippen LogP contribution in [0, 0.1) is 5.92 Å². The molecule has 2 aromatic carbocycles. The van der Waals surface area contributed by atoms with E-state index in [1.54, 1.807) is 18.2 Å². The van der Waals surface area contributed by atoms with Crippen molar-refractivity contribution in [3.8, 4) is 0 Å². The van der Waals surface area contributed by atoms with Gasteiger partial charge in [0.05, 0.1) is 0 Å². The summed E-state index contributed by atoms with van der Waals surface area (Å²) in [6.45, 7) is 1.74. The Morgan fingerprint density at radius 2 is 1.83 bits per heavy atom. The molecule has 2 saturated carbocycles. The summed E-state index contributed by atoms with van der Waals surface area (Å²) < 4.78 is 27.2. The van der Waals surface area contributed by atoms with Gasteiger partial charge in [-0.3, -0.25) is 0 Å². The molecule has 1 saturated heterocycles.